The van der Waals surface area contributed by atoms with Crippen molar-refractivity contribution in [2.75, 3.05) is 5.32 Å². The normalized spacial score (nSPS) is 20.9. The Morgan fingerprint density at radius 3 is 2.35 bits per heavy atom. The van der Waals surface area contributed by atoms with Gasteiger partial charge in [-0.1, -0.05) is 19.3 Å². The van der Waals surface area contributed by atoms with Crippen LogP contribution in [0.3, 0.4) is 0 Å². The summed E-state index contributed by atoms with van der Waals surface area (Å²) in [6.45, 7) is 2.28. The van der Waals surface area contributed by atoms with Gasteiger partial charge in [0.15, 0.2) is 5.11 Å². The number of thiocarbonyl (C=S) groups is 1. The molecule has 0 spiro atoms. The average Bonchev–Trinajstić information content (AvgIpc) is 3.02. The predicted molar refractivity (Wildman–Crippen MR) is 100 cm³/mol. The Balaban J connectivity index is 1.50. The number of hydrogen-bond acceptors (Lipinski definition) is 2. The van der Waals surface area contributed by atoms with Crippen LogP contribution in [0.4, 0.5) is 5.69 Å². The van der Waals surface area contributed by atoms with E-state index in [0.29, 0.717) is 6.10 Å². The van der Waals surface area contributed by atoms with Crippen LogP contribution in [0.1, 0.15) is 64.7 Å². The van der Waals surface area contributed by atoms with Crippen molar-refractivity contribution in [2.24, 2.45) is 0 Å². The molecule has 0 radical (unpaired) electrons. The Morgan fingerprint density at radius 1 is 1.04 bits per heavy atom. The van der Waals surface area contributed by atoms with E-state index in [1.54, 1.807) is 0 Å². The molecule has 126 valence electrons. The summed E-state index contributed by atoms with van der Waals surface area (Å²) in [5.41, 5.74) is 1.16. The molecule has 1 aromatic carbocycles. The zero-order valence-electron chi connectivity index (χ0n) is 14.1. The Morgan fingerprint density at radius 2 is 1.70 bits per heavy atom. The molecule has 2 aliphatic rings. The van der Waals surface area contributed by atoms with E-state index in [2.05, 4.69) is 17.6 Å². The highest BCUT2D eigenvalue weighted by Gasteiger charge is 2.27. The fourth-order valence-electron chi connectivity index (χ4n) is 3.71. The minimum atomic E-state index is 0.147. The molecule has 1 aromatic rings. The van der Waals surface area contributed by atoms with E-state index < -0.39 is 0 Å². The molecule has 0 aromatic heterocycles. The Kier molecular flexibility index (Phi) is 5.42. The minimum absolute atomic E-state index is 0.147. The van der Waals surface area contributed by atoms with Gasteiger partial charge in [0, 0.05) is 11.2 Å². The molecule has 0 aliphatic heterocycles. The molecular formula is C19H28N2OS. The standard InChI is InChI=1S/C19H28N2OS/c1-19(13-5-2-6-14-19)21-18(23)20-15-9-11-17(12-10-15)22-16-7-3-4-8-16/h9-12,16H,2-8,13-14H2,1H3,(H2,20,21,23). The molecule has 2 N–H and O–H groups in total. The van der Waals surface area contributed by atoms with Crippen molar-refractivity contribution in [1.82, 2.24) is 5.32 Å². The Bertz CT molecular complexity index is 517. The molecule has 3 nitrogen and oxygen atoms in total. The summed E-state index contributed by atoms with van der Waals surface area (Å²) in [6, 6.07) is 8.15. The van der Waals surface area contributed by atoms with Gasteiger partial charge in [0.1, 0.15) is 5.75 Å². The second-order valence-corrected chi connectivity index (χ2v) is 7.66. The van der Waals surface area contributed by atoms with Crippen molar-refractivity contribution >= 4 is 23.0 Å². The number of anilines is 1. The predicted octanol–water partition coefficient (Wildman–Crippen LogP) is 5.02. The lowest BCUT2D eigenvalue weighted by Gasteiger charge is -2.35. The van der Waals surface area contributed by atoms with Crippen LogP contribution in [0.2, 0.25) is 0 Å². The SMILES string of the molecule is CC1(NC(=S)Nc2ccc(OC3CCCC3)cc2)CCCCC1. The van der Waals surface area contributed by atoms with Gasteiger partial charge in [0.05, 0.1) is 6.10 Å². The van der Waals surface area contributed by atoms with Gasteiger partial charge in [0.2, 0.25) is 0 Å². The fourth-order valence-corrected chi connectivity index (χ4v) is 4.07. The number of rotatable bonds is 4. The van der Waals surface area contributed by atoms with E-state index in [1.165, 1.54) is 57.8 Å². The highest BCUT2D eigenvalue weighted by molar-refractivity contribution is 7.80. The quantitative estimate of drug-likeness (QED) is 0.759. The van der Waals surface area contributed by atoms with E-state index in [0.717, 1.165) is 16.5 Å². The van der Waals surface area contributed by atoms with E-state index in [4.69, 9.17) is 17.0 Å². The van der Waals surface area contributed by atoms with Gasteiger partial charge in [-0.05, 0) is 81.9 Å². The lowest BCUT2D eigenvalue weighted by Crippen LogP contribution is -2.48. The first kappa shape index (κ1) is 16.6. The van der Waals surface area contributed by atoms with Crippen molar-refractivity contribution in [3.05, 3.63) is 24.3 Å². The third-order valence-electron chi connectivity index (χ3n) is 5.09. The summed E-state index contributed by atoms with van der Waals surface area (Å²) in [5.74, 6) is 0.959. The minimum Gasteiger partial charge on any atom is -0.490 e. The molecular weight excluding hydrogens is 304 g/mol. The monoisotopic (exact) mass is 332 g/mol. The zero-order chi connectivity index (χ0) is 16.1. The first-order valence-electron chi connectivity index (χ1n) is 8.99. The number of benzene rings is 1. The summed E-state index contributed by atoms with van der Waals surface area (Å²) in [4.78, 5) is 0. The largest absolute Gasteiger partial charge is 0.490 e. The van der Waals surface area contributed by atoms with Crippen LogP contribution >= 0.6 is 12.2 Å². The first-order valence-corrected chi connectivity index (χ1v) is 9.40. The van der Waals surface area contributed by atoms with E-state index >= 15 is 0 Å². The highest BCUT2D eigenvalue weighted by Crippen LogP contribution is 2.28. The molecule has 2 saturated carbocycles. The molecule has 2 aliphatic carbocycles. The van der Waals surface area contributed by atoms with Crippen LogP contribution in [0.15, 0.2) is 24.3 Å². The third kappa shape index (κ3) is 4.84. The van der Waals surface area contributed by atoms with Crippen molar-refractivity contribution in [2.45, 2.75) is 76.4 Å². The molecule has 0 heterocycles. The van der Waals surface area contributed by atoms with Crippen molar-refractivity contribution in [3.8, 4) is 5.75 Å². The van der Waals surface area contributed by atoms with E-state index in [-0.39, 0.29) is 5.54 Å². The van der Waals surface area contributed by atoms with Gasteiger partial charge in [-0.15, -0.1) is 0 Å². The fraction of sp³-hybridized carbons (Fsp3) is 0.632. The molecule has 2 fully saturated rings. The van der Waals surface area contributed by atoms with E-state index in [9.17, 15) is 0 Å². The second-order valence-electron chi connectivity index (χ2n) is 7.25. The Labute approximate surface area is 145 Å². The maximum atomic E-state index is 6.00. The van der Waals surface area contributed by atoms with Gasteiger partial charge in [-0.25, -0.2) is 0 Å². The second kappa shape index (κ2) is 7.52. The molecule has 0 unspecified atom stereocenters. The summed E-state index contributed by atoms with van der Waals surface area (Å²) >= 11 is 5.48. The lowest BCUT2D eigenvalue weighted by molar-refractivity contribution is 0.210. The van der Waals surface area contributed by atoms with Crippen LogP contribution in [0.5, 0.6) is 5.75 Å². The molecule has 0 bridgehead atoms. The van der Waals surface area contributed by atoms with Gasteiger partial charge in [-0.2, -0.15) is 0 Å². The molecule has 0 saturated heterocycles. The van der Waals surface area contributed by atoms with E-state index in [1.807, 2.05) is 24.3 Å². The van der Waals surface area contributed by atoms with Crippen LogP contribution in [0, 0.1) is 0 Å². The topological polar surface area (TPSA) is 33.3 Å². The van der Waals surface area contributed by atoms with Crippen LogP contribution in [0.25, 0.3) is 0 Å². The van der Waals surface area contributed by atoms with Crippen LogP contribution < -0.4 is 15.4 Å². The first-order chi connectivity index (χ1) is 11.1. The lowest BCUT2D eigenvalue weighted by atomic mass is 9.83. The molecule has 4 heteroatoms. The summed E-state index contributed by atoms with van der Waals surface area (Å²) in [6.07, 6.45) is 11.7. The maximum Gasteiger partial charge on any atom is 0.171 e. The number of ether oxygens (including phenoxy) is 1. The van der Waals surface area contributed by atoms with Gasteiger partial charge in [-0.3, -0.25) is 0 Å². The van der Waals surface area contributed by atoms with Gasteiger partial charge in [0.25, 0.3) is 0 Å². The van der Waals surface area contributed by atoms with Crippen LogP contribution in [-0.4, -0.2) is 16.8 Å². The zero-order valence-corrected chi connectivity index (χ0v) is 14.9. The van der Waals surface area contributed by atoms with Crippen molar-refractivity contribution < 1.29 is 4.74 Å². The van der Waals surface area contributed by atoms with Crippen molar-refractivity contribution in [3.63, 3.8) is 0 Å². The highest BCUT2D eigenvalue weighted by atomic mass is 32.1. The molecule has 0 atom stereocenters. The van der Waals surface area contributed by atoms with Crippen LogP contribution in [-0.2, 0) is 0 Å². The summed E-state index contributed by atoms with van der Waals surface area (Å²) in [7, 11) is 0. The summed E-state index contributed by atoms with van der Waals surface area (Å²) in [5, 5.41) is 7.53. The maximum absolute atomic E-state index is 6.00. The van der Waals surface area contributed by atoms with Gasteiger partial charge < -0.3 is 15.4 Å². The summed E-state index contributed by atoms with van der Waals surface area (Å²) < 4.78 is 6.00. The Hall–Kier alpha value is -1.29. The smallest absolute Gasteiger partial charge is 0.171 e. The third-order valence-corrected chi connectivity index (χ3v) is 5.29. The average molecular weight is 333 g/mol. The van der Waals surface area contributed by atoms with Crippen molar-refractivity contribution in [1.29, 1.82) is 0 Å². The number of nitrogens with one attached hydrogen (secondary N) is 2. The molecule has 23 heavy (non-hydrogen) atoms. The van der Waals surface area contributed by atoms with Gasteiger partial charge >= 0.3 is 0 Å². The molecule has 3 rings (SSSR count). The molecule has 0 amide bonds. The number of hydrogen-bond donors (Lipinski definition) is 2.